The Morgan fingerprint density at radius 2 is 1.94 bits per heavy atom. The van der Waals surface area contributed by atoms with Crippen LogP contribution in [0.15, 0.2) is 48.2 Å². The summed E-state index contributed by atoms with van der Waals surface area (Å²) in [6.45, 7) is 1.75. The van der Waals surface area contributed by atoms with Crippen molar-refractivity contribution >= 4 is 11.6 Å². The van der Waals surface area contributed by atoms with Crippen molar-refractivity contribution in [3.05, 3.63) is 54.4 Å². The quantitative estimate of drug-likeness (QED) is 0.642. The highest BCUT2D eigenvalue weighted by atomic mass is 16.2. The number of aromatic nitrogens is 3. The van der Waals surface area contributed by atoms with Gasteiger partial charge in [0, 0.05) is 30.4 Å². The number of rotatable bonds is 3. The van der Waals surface area contributed by atoms with E-state index in [4.69, 9.17) is 0 Å². The van der Waals surface area contributed by atoms with E-state index in [-0.39, 0.29) is 5.91 Å². The normalized spacial score (nSPS) is 11.1. The summed E-state index contributed by atoms with van der Waals surface area (Å²) in [5, 5.41) is 3.96. The summed E-state index contributed by atoms with van der Waals surface area (Å²) in [5.74, 6) is -0.291. The van der Waals surface area contributed by atoms with Crippen molar-refractivity contribution in [3.63, 3.8) is 0 Å². The average Bonchev–Trinajstić information content (AvgIpc) is 2.46. The number of carbonyl (C=O) groups excluding carboxylic acids is 1. The maximum atomic E-state index is 11.7. The fourth-order valence-corrected chi connectivity index (χ4v) is 1.25. The van der Waals surface area contributed by atoms with Gasteiger partial charge in [-0.15, -0.1) is 0 Å². The lowest BCUT2D eigenvalue weighted by Gasteiger charge is -2.01. The van der Waals surface area contributed by atoms with E-state index in [1.807, 2.05) is 0 Å². The van der Waals surface area contributed by atoms with E-state index in [9.17, 15) is 4.79 Å². The largest absolute Gasteiger partial charge is 0.271 e. The van der Waals surface area contributed by atoms with E-state index >= 15 is 0 Å². The summed E-state index contributed by atoms with van der Waals surface area (Å²) in [7, 11) is 0. The molecular weight excluding hydrogens is 230 g/mol. The molecule has 1 N–H and O–H groups in total. The zero-order chi connectivity index (χ0) is 12.8. The number of carbonyl (C=O) groups is 1. The van der Waals surface area contributed by atoms with Gasteiger partial charge in [-0.3, -0.25) is 19.7 Å². The Labute approximate surface area is 104 Å². The summed E-state index contributed by atoms with van der Waals surface area (Å²) >= 11 is 0. The molecule has 2 rings (SSSR count). The predicted octanol–water partition coefficient (Wildman–Crippen LogP) is 1.03. The van der Waals surface area contributed by atoms with Gasteiger partial charge in [0.2, 0.25) is 0 Å². The Morgan fingerprint density at radius 3 is 2.61 bits per heavy atom. The molecule has 0 aliphatic rings. The van der Waals surface area contributed by atoms with Crippen molar-refractivity contribution in [1.82, 2.24) is 20.4 Å². The van der Waals surface area contributed by atoms with Crippen LogP contribution in [0.5, 0.6) is 0 Å². The molecule has 0 fully saturated rings. The van der Waals surface area contributed by atoms with Gasteiger partial charge in [-0.1, -0.05) is 0 Å². The second-order valence-electron chi connectivity index (χ2n) is 3.46. The highest BCUT2D eigenvalue weighted by molar-refractivity contribution is 5.99. The zero-order valence-corrected chi connectivity index (χ0v) is 9.74. The van der Waals surface area contributed by atoms with Gasteiger partial charge in [0.25, 0.3) is 5.91 Å². The number of pyridine rings is 1. The first-order valence-corrected chi connectivity index (χ1v) is 5.28. The fourth-order valence-electron chi connectivity index (χ4n) is 1.25. The maximum Gasteiger partial charge on any atom is 0.271 e. The Bertz CT molecular complexity index is 553. The van der Waals surface area contributed by atoms with E-state index in [1.54, 1.807) is 50.0 Å². The molecule has 0 unspecified atom stereocenters. The Kier molecular flexibility index (Phi) is 3.70. The molecule has 0 bridgehead atoms. The molecule has 0 atom stereocenters. The summed E-state index contributed by atoms with van der Waals surface area (Å²) in [6.07, 6.45) is 7.82. The smallest absolute Gasteiger partial charge is 0.267 e. The third kappa shape index (κ3) is 2.94. The van der Waals surface area contributed by atoms with Crippen LogP contribution >= 0.6 is 0 Å². The predicted molar refractivity (Wildman–Crippen MR) is 65.9 cm³/mol. The number of hydrogen-bond acceptors (Lipinski definition) is 5. The van der Waals surface area contributed by atoms with Crippen LogP contribution in [0.3, 0.4) is 0 Å². The first-order valence-electron chi connectivity index (χ1n) is 5.28. The number of hydrazone groups is 1. The van der Waals surface area contributed by atoms with E-state index in [0.29, 0.717) is 17.0 Å². The molecule has 2 aromatic rings. The molecule has 0 saturated heterocycles. The second kappa shape index (κ2) is 5.62. The summed E-state index contributed by atoms with van der Waals surface area (Å²) in [4.78, 5) is 23.5. The monoisotopic (exact) mass is 241 g/mol. The molecule has 0 aliphatic carbocycles. The molecule has 1 amide bonds. The third-order valence-electron chi connectivity index (χ3n) is 2.20. The third-order valence-corrected chi connectivity index (χ3v) is 2.20. The van der Waals surface area contributed by atoms with Gasteiger partial charge in [0.05, 0.1) is 11.9 Å². The first-order chi connectivity index (χ1) is 8.77. The lowest BCUT2D eigenvalue weighted by atomic mass is 10.2. The van der Waals surface area contributed by atoms with Gasteiger partial charge in [-0.05, 0) is 19.1 Å². The van der Waals surface area contributed by atoms with Gasteiger partial charge in [0.15, 0.2) is 0 Å². The lowest BCUT2D eigenvalue weighted by molar-refractivity contribution is 0.0954. The van der Waals surface area contributed by atoms with Crippen LogP contribution in [0.4, 0.5) is 0 Å². The number of nitrogens with zero attached hydrogens (tertiary/aromatic N) is 4. The van der Waals surface area contributed by atoms with Crippen LogP contribution in [0.1, 0.15) is 23.0 Å². The Balaban J connectivity index is 2.05. The molecule has 18 heavy (non-hydrogen) atoms. The Hall–Kier alpha value is -2.63. The van der Waals surface area contributed by atoms with Gasteiger partial charge in [-0.2, -0.15) is 5.10 Å². The standard InChI is InChI=1S/C12H11N5O/c1-9(11-8-14-6-7-15-11)16-17-12(18)10-2-4-13-5-3-10/h2-8H,1H3,(H,17,18). The van der Waals surface area contributed by atoms with Crippen LogP contribution in [0.25, 0.3) is 0 Å². The van der Waals surface area contributed by atoms with Crippen LogP contribution in [0.2, 0.25) is 0 Å². The molecule has 2 heterocycles. The van der Waals surface area contributed by atoms with Crippen molar-refractivity contribution in [2.75, 3.05) is 0 Å². The molecule has 0 aliphatic heterocycles. The SMILES string of the molecule is CC(=NNC(=O)c1ccncc1)c1cnccn1. The van der Waals surface area contributed by atoms with Crippen molar-refractivity contribution in [1.29, 1.82) is 0 Å². The fraction of sp³-hybridized carbons (Fsp3) is 0.0833. The van der Waals surface area contributed by atoms with Crippen molar-refractivity contribution < 1.29 is 4.79 Å². The van der Waals surface area contributed by atoms with Crippen molar-refractivity contribution in [2.24, 2.45) is 5.10 Å². The molecule has 2 aromatic heterocycles. The summed E-state index contributed by atoms with van der Waals surface area (Å²) in [6, 6.07) is 3.23. The van der Waals surface area contributed by atoms with Crippen molar-refractivity contribution in [3.8, 4) is 0 Å². The molecule has 6 heteroatoms. The molecule has 0 saturated carbocycles. The van der Waals surface area contributed by atoms with Crippen LogP contribution in [-0.2, 0) is 0 Å². The second-order valence-corrected chi connectivity index (χ2v) is 3.46. The zero-order valence-electron chi connectivity index (χ0n) is 9.74. The molecule has 0 spiro atoms. The number of nitrogens with one attached hydrogen (secondary N) is 1. The van der Waals surface area contributed by atoms with Gasteiger partial charge in [0.1, 0.15) is 5.69 Å². The number of amides is 1. The van der Waals surface area contributed by atoms with Gasteiger partial charge < -0.3 is 0 Å². The van der Waals surface area contributed by atoms with E-state index < -0.39 is 0 Å². The molecule has 0 aromatic carbocycles. The number of hydrogen-bond donors (Lipinski definition) is 1. The van der Waals surface area contributed by atoms with E-state index in [2.05, 4.69) is 25.5 Å². The minimum absolute atomic E-state index is 0.291. The van der Waals surface area contributed by atoms with E-state index in [0.717, 1.165) is 0 Å². The Morgan fingerprint density at radius 1 is 1.17 bits per heavy atom. The van der Waals surface area contributed by atoms with E-state index in [1.165, 1.54) is 0 Å². The molecular formula is C12H11N5O. The van der Waals surface area contributed by atoms with Gasteiger partial charge >= 0.3 is 0 Å². The maximum absolute atomic E-state index is 11.7. The highest BCUT2D eigenvalue weighted by Crippen LogP contribution is 1.97. The van der Waals surface area contributed by atoms with Crippen LogP contribution in [0, 0.1) is 0 Å². The molecule has 90 valence electrons. The topological polar surface area (TPSA) is 80.1 Å². The minimum atomic E-state index is -0.291. The lowest BCUT2D eigenvalue weighted by Crippen LogP contribution is -2.19. The molecule has 6 nitrogen and oxygen atoms in total. The summed E-state index contributed by atoms with van der Waals surface area (Å²) in [5.41, 5.74) is 4.16. The molecule has 0 radical (unpaired) electrons. The summed E-state index contributed by atoms with van der Waals surface area (Å²) < 4.78 is 0. The average molecular weight is 241 g/mol. The van der Waals surface area contributed by atoms with Crippen LogP contribution < -0.4 is 5.43 Å². The van der Waals surface area contributed by atoms with Crippen LogP contribution in [-0.4, -0.2) is 26.6 Å². The van der Waals surface area contributed by atoms with Crippen molar-refractivity contribution in [2.45, 2.75) is 6.92 Å². The highest BCUT2D eigenvalue weighted by Gasteiger charge is 2.04. The van der Waals surface area contributed by atoms with Gasteiger partial charge in [-0.25, -0.2) is 5.43 Å². The minimum Gasteiger partial charge on any atom is -0.267 e. The first kappa shape index (κ1) is 11.8.